The van der Waals surface area contributed by atoms with Gasteiger partial charge in [-0.25, -0.2) is 0 Å². The Balaban J connectivity index is 3.36. The Morgan fingerprint density at radius 2 is 0.534 bits per heavy atom. The number of carbonyl (C=O) groups excluding carboxylic acids is 2. The molecule has 6 heteroatoms. The summed E-state index contributed by atoms with van der Waals surface area (Å²) >= 11 is 0. The number of aliphatic hydroxyl groups is 2. The molecule has 522 valence electrons. The first kappa shape index (κ1) is 86.3. The van der Waals surface area contributed by atoms with Gasteiger partial charge in [0.05, 0.1) is 25.4 Å². The molecular formula is C82H159NO5. The molecule has 0 saturated carbocycles. The van der Waals surface area contributed by atoms with Crippen LogP contribution in [0.1, 0.15) is 463 Å². The highest BCUT2D eigenvalue weighted by Gasteiger charge is 2.18. The van der Waals surface area contributed by atoms with Crippen molar-refractivity contribution < 1.29 is 24.5 Å². The van der Waals surface area contributed by atoms with Gasteiger partial charge < -0.3 is 20.3 Å². The number of esters is 1. The van der Waals surface area contributed by atoms with Crippen molar-refractivity contribution in [3.05, 3.63) is 24.3 Å². The minimum Gasteiger partial charge on any atom is -0.466 e. The number of carbonyl (C=O) groups is 2. The SMILES string of the molecule is CCCCCCCCCCCCCCCCCCCCC/C=C/C(O)C(CO)NC(=O)CCCCCCCCCCCCCCCCCCC/C=C\CCCCCCCCCCCCCCOC(=O)CCCCCCCCCCCCCCCCCCC. The van der Waals surface area contributed by atoms with Gasteiger partial charge in [-0.3, -0.25) is 9.59 Å². The van der Waals surface area contributed by atoms with E-state index < -0.39 is 12.1 Å². The summed E-state index contributed by atoms with van der Waals surface area (Å²) in [6.07, 6.45) is 100. The van der Waals surface area contributed by atoms with E-state index in [4.69, 9.17) is 4.74 Å². The first-order valence-corrected chi connectivity index (χ1v) is 40.6. The highest BCUT2D eigenvalue weighted by molar-refractivity contribution is 5.76. The molecule has 6 nitrogen and oxygen atoms in total. The standard InChI is InChI=1S/C82H159NO5/c1-3-5-7-9-11-13-15-17-19-21-22-36-39-43-46-50-54-58-62-66-70-74-80(85)79(78-84)83-81(86)75-71-67-63-59-55-51-47-44-40-37-34-32-30-28-26-24-23-25-27-29-31-33-35-38-41-45-49-53-57-61-65-69-73-77-88-82(87)76-72-68-64-60-56-52-48-42-20-18-16-14-12-10-8-6-4-2/h27,29,70,74,79-80,84-85H,3-26,28,30-69,71-73,75-78H2,1-2H3,(H,83,86)/b29-27-,74-70+. The molecule has 0 aliphatic rings. The molecule has 0 aromatic heterocycles. The quantitative estimate of drug-likeness (QED) is 0.0320. The number of aliphatic hydroxyl groups excluding tert-OH is 2. The molecule has 88 heavy (non-hydrogen) atoms. The van der Waals surface area contributed by atoms with Crippen LogP contribution in [0.3, 0.4) is 0 Å². The zero-order chi connectivity index (χ0) is 63.5. The molecule has 0 aromatic carbocycles. The van der Waals surface area contributed by atoms with Crippen LogP contribution in [0.25, 0.3) is 0 Å². The Kier molecular flexibility index (Phi) is 76.3. The fourth-order valence-corrected chi connectivity index (χ4v) is 13.0. The molecule has 1 amide bonds. The van der Waals surface area contributed by atoms with Crippen molar-refractivity contribution >= 4 is 11.9 Å². The van der Waals surface area contributed by atoms with Crippen molar-refractivity contribution in [1.29, 1.82) is 0 Å². The van der Waals surface area contributed by atoms with Crippen LogP contribution in [-0.4, -0.2) is 47.4 Å². The lowest BCUT2D eigenvalue weighted by Crippen LogP contribution is -2.45. The molecule has 0 rings (SSSR count). The molecule has 0 bridgehead atoms. The second-order valence-electron chi connectivity index (χ2n) is 28.1. The van der Waals surface area contributed by atoms with E-state index in [-0.39, 0.29) is 18.5 Å². The molecule has 0 radical (unpaired) electrons. The van der Waals surface area contributed by atoms with E-state index in [2.05, 4.69) is 31.3 Å². The van der Waals surface area contributed by atoms with Crippen molar-refractivity contribution in [3.63, 3.8) is 0 Å². The third-order valence-corrected chi connectivity index (χ3v) is 19.2. The highest BCUT2D eigenvalue weighted by Crippen LogP contribution is 2.20. The lowest BCUT2D eigenvalue weighted by atomic mass is 10.0. The topological polar surface area (TPSA) is 95.9 Å². The number of amides is 1. The van der Waals surface area contributed by atoms with Crippen molar-refractivity contribution in [1.82, 2.24) is 5.32 Å². The number of rotatable bonds is 77. The van der Waals surface area contributed by atoms with Crippen LogP contribution in [-0.2, 0) is 14.3 Å². The number of nitrogens with one attached hydrogen (secondary N) is 1. The Morgan fingerprint density at radius 1 is 0.307 bits per heavy atom. The average Bonchev–Trinajstić information content (AvgIpc) is 3.58. The van der Waals surface area contributed by atoms with Crippen LogP contribution in [0.5, 0.6) is 0 Å². The van der Waals surface area contributed by atoms with Crippen LogP contribution >= 0.6 is 0 Å². The molecular weight excluding hydrogens is 1080 g/mol. The smallest absolute Gasteiger partial charge is 0.305 e. The summed E-state index contributed by atoms with van der Waals surface area (Å²) in [6, 6.07) is -0.626. The van der Waals surface area contributed by atoms with Crippen molar-refractivity contribution in [3.8, 4) is 0 Å². The Hall–Kier alpha value is -1.66. The van der Waals surface area contributed by atoms with Gasteiger partial charge in [-0.15, -0.1) is 0 Å². The molecule has 0 aromatic rings. The van der Waals surface area contributed by atoms with Crippen molar-refractivity contribution in [2.45, 2.75) is 475 Å². The zero-order valence-corrected chi connectivity index (χ0v) is 60.0. The largest absolute Gasteiger partial charge is 0.466 e. The minimum absolute atomic E-state index is 0.0235. The number of ether oxygens (including phenoxy) is 1. The first-order chi connectivity index (χ1) is 43.5. The molecule has 3 N–H and O–H groups in total. The fraction of sp³-hybridized carbons (Fsp3) is 0.927. The van der Waals surface area contributed by atoms with Crippen LogP contribution in [0.2, 0.25) is 0 Å². The second kappa shape index (κ2) is 77.8. The third-order valence-electron chi connectivity index (χ3n) is 19.2. The molecule has 0 aliphatic carbocycles. The van der Waals surface area contributed by atoms with E-state index in [0.717, 1.165) is 38.5 Å². The number of unbranched alkanes of at least 4 members (excludes halogenated alkanes) is 64. The lowest BCUT2D eigenvalue weighted by molar-refractivity contribution is -0.143. The third kappa shape index (κ3) is 73.4. The van der Waals surface area contributed by atoms with E-state index in [9.17, 15) is 19.8 Å². The van der Waals surface area contributed by atoms with Crippen LogP contribution < -0.4 is 5.32 Å². The lowest BCUT2D eigenvalue weighted by Gasteiger charge is -2.20. The maximum atomic E-state index is 12.5. The number of hydrogen-bond donors (Lipinski definition) is 3. The Bertz CT molecular complexity index is 1380. The average molecular weight is 1240 g/mol. The van der Waals surface area contributed by atoms with Gasteiger partial charge in [0.25, 0.3) is 0 Å². The fourth-order valence-electron chi connectivity index (χ4n) is 13.0. The molecule has 2 unspecified atom stereocenters. The number of hydrogen-bond acceptors (Lipinski definition) is 5. The summed E-state index contributed by atoms with van der Waals surface area (Å²) in [5.41, 5.74) is 0. The summed E-state index contributed by atoms with van der Waals surface area (Å²) in [6.45, 7) is 4.96. The van der Waals surface area contributed by atoms with Gasteiger partial charge in [0.15, 0.2) is 0 Å². The number of allylic oxidation sites excluding steroid dienone is 3. The summed E-state index contributed by atoms with van der Waals surface area (Å²) in [4.78, 5) is 24.7. The van der Waals surface area contributed by atoms with Crippen LogP contribution in [0.15, 0.2) is 24.3 Å². The van der Waals surface area contributed by atoms with E-state index >= 15 is 0 Å². The van der Waals surface area contributed by atoms with E-state index in [1.54, 1.807) is 6.08 Å². The van der Waals surface area contributed by atoms with Crippen molar-refractivity contribution in [2.24, 2.45) is 0 Å². The van der Waals surface area contributed by atoms with E-state index in [1.807, 2.05) is 6.08 Å². The van der Waals surface area contributed by atoms with Crippen LogP contribution in [0.4, 0.5) is 0 Å². The van der Waals surface area contributed by atoms with Gasteiger partial charge in [0.2, 0.25) is 5.91 Å². The molecule has 0 saturated heterocycles. The van der Waals surface area contributed by atoms with E-state index in [0.29, 0.717) is 19.4 Å². The van der Waals surface area contributed by atoms with Crippen LogP contribution in [0, 0.1) is 0 Å². The predicted octanol–water partition coefficient (Wildman–Crippen LogP) is 26.8. The molecule has 0 heterocycles. The molecule has 0 aliphatic heterocycles. The summed E-state index contributed by atoms with van der Waals surface area (Å²) in [7, 11) is 0. The van der Waals surface area contributed by atoms with Crippen molar-refractivity contribution in [2.75, 3.05) is 13.2 Å². The molecule has 0 fully saturated rings. The van der Waals surface area contributed by atoms with Gasteiger partial charge in [0.1, 0.15) is 0 Å². The Morgan fingerprint density at radius 3 is 0.807 bits per heavy atom. The maximum absolute atomic E-state index is 12.5. The highest BCUT2D eigenvalue weighted by atomic mass is 16.5. The first-order valence-electron chi connectivity index (χ1n) is 40.6. The maximum Gasteiger partial charge on any atom is 0.305 e. The summed E-state index contributed by atoms with van der Waals surface area (Å²) in [5, 5.41) is 23.3. The molecule has 2 atom stereocenters. The van der Waals surface area contributed by atoms with Gasteiger partial charge in [-0.1, -0.05) is 417 Å². The normalized spacial score (nSPS) is 12.5. The molecule has 0 spiro atoms. The van der Waals surface area contributed by atoms with Gasteiger partial charge in [0, 0.05) is 12.8 Å². The zero-order valence-electron chi connectivity index (χ0n) is 60.0. The van der Waals surface area contributed by atoms with Gasteiger partial charge in [-0.05, 0) is 57.8 Å². The van der Waals surface area contributed by atoms with E-state index in [1.165, 1.54) is 398 Å². The predicted molar refractivity (Wildman–Crippen MR) is 389 cm³/mol. The van der Waals surface area contributed by atoms with Gasteiger partial charge in [-0.2, -0.15) is 0 Å². The second-order valence-corrected chi connectivity index (χ2v) is 28.1. The summed E-state index contributed by atoms with van der Waals surface area (Å²) in [5.74, 6) is -0.0364. The van der Waals surface area contributed by atoms with Gasteiger partial charge >= 0.3 is 5.97 Å². The monoisotopic (exact) mass is 1240 g/mol. The minimum atomic E-state index is -0.843. The summed E-state index contributed by atoms with van der Waals surface area (Å²) < 4.78 is 5.51. The Labute approximate surface area is 551 Å².